The van der Waals surface area contributed by atoms with Gasteiger partial charge in [-0.05, 0) is 43.3 Å². The average Bonchev–Trinajstić information content (AvgIpc) is 3.44. The number of pyridine rings is 1. The first kappa shape index (κ1) is 22.4. The molecule has 0 unspecified atom stereocenters. The van der Waals surface area contributed by atoms with Crippen molar-refractivity contribution in [2.45, 2.75) is 6.92 Å². The zero-order valence-corrected chi connectivity index (χ0v) is 19.4. The monoisotopic (exact) mass is 492 g/mol. The number of amides is 2. The minimum Gasteiger partial charge on any atom is -0.457 e. The van der Waals surface area contributed by atoms with Crippen molar-refractivity contribution in [2.75, 3.05) is 10.6 Å². The highest BCUT2D eigenvalue weighted by molar-refractivity contribution is 7.22. The molecule has 2 aromatic carbocycles. The number of hydrogen-bond donors (Lipinski definition) is 2. The number of carbonyl (C=O) groups excluding carboxylic acids is 1. The fourth-order valence-electron chi connectivity index (χ4n) is 3.39. The molecule has 0 atom stereocenters. The van der Waals surface area contributed by atoms with Gasteiger partial charge in [-0.3, -0.25) is 15.0 Å². The molecule has 8 nitrogen and oxygen atoms in total. The summed E-state index contributed by atoms with van der Waals surface area (Å²) in [4.78, 5) is 20.9. The van der Waals surface area contributed by atoms with Gasteiger partial charge in [-0.1, -0.05) is 11.3 Å². The highest BCUT2D eigenvalue weighted by atomic mass is 32.1. The maximum absolute atomic E-state index is 15.0. The van der Waals surface area contributed by atoms with Crippen LogP contribution < -0.4 is 15.4 Å². The first-order valence-electron chi connectivity index (χ1n) is 10.4. The molecule has 2 amide bonds. The molecular weight excluding hydrogens is 474 g/mol. The maximum atomic E-state index is 15.0. The topological polar surface area (TPSA) is 94.0 Å². The molecule has 5 aromatic rings. The third-order valence-electron chi connectivity index (χ3n) is 5.12. The van der Waals surface area contributed by atoms with E-state index in [0.29, 0.717) is 27.4 Å². The van der Waals surface area contributed by atoms with Gasteiger partial charge >= 0.3 is 6.03 Å². The number of carbonyl (C=O) groups is 1. The van der Waals surface area contributed by atoms with Crippen molar-refractivity contribution in [2.24, 2.45) is 7.05 Å². The number of rotatable bonds is 5. The summed E-state index contributed by atoms with van der Waals surface area (Å²) in [7, 11) is 1.81. The van der Waals surface area contributed by atoms with E-state index in [2.05, 4.69) is 25.7 Å². The molecule has 0 fully saturated rings. The Labute approximate surface area is 202 Å². The van der Waals surface area contributed by atoms with E-state index in [0.717, 1.165) is 16.9 Å². The lowest BCUT2D eigenvalue weighted by atomic mass is 10.1. The third kappa shape index (κ3) is 4.80. The number of hydrogen-bond acceptors (Lipinski definition) is 6. The summed E-state index contributed by atoms with van der Waals surface area (Å²) >= 11 is 1.12. The van der Waals surface area contributed by atoms with Crippen LogP contribution >= 0.6 is 11.3 Å². The van der Waals surface area contributed by atoms with Crippen LogP contribution in [0.4, 0.5) is 24.4 Å². The lowest BCUT2D eigenvalue weighted by Crippen LogP contribution is -2.20. The Morgan fingerprint density at radius 3 is 2.77 bits per heavy atom. The van der Waals surface area contributed by atoms with Crippen LogP contribution in [-0.4, -0.2) is 25.8 Å². The number of aryl methyl sites for hydroxylation is 1. The highest BCUT2D eigenvalue weighted by Gasteiger charge is 2.15. The largest absolute Gasteiger partial charge is 0.457 e. The van der Waals surface area contributed by atoms with Crippen LogP contribution in [0.15, 0.2) is 61.1 Å². The molecule has 0 aliphatic rings. The summed E-state index contributed by atoms with van der Waals surface area (Å²) < 4.78 is 36.5. The van der Waals surface area contributed by atoms with Gasteiger partial charge in [0, 0.05) is 36.6 Å². The van der Waals surface area contributed by atoms with Crippen LogP contribution in [0.3, 0.4) is 0 Å². The van der Waals surface area contributed by atoms with Crippen molar-refractivity contribution in [3.05, 3.63) is 78.3 Å². The van der Waals surface area contributed by atoms with E-state index in [9.17, 15) is 9.18 Å². The van der Waals surface area contributed by atoms with E-state index in [1.165, 1.54) is 24.3 Å². The minimum absolute atomic E-state index is 0.0229. The number of anilines is 2. The van der Waals surface area contributed by atoms with Gasteiger partial charge < -0.3 is 10.1 Å². The van der Waals surface area contributed by atoms with Gasteiger partial charge in [0.25, 0.3) is 0 Å². The smallest absolute Gasteiger partial charge is 0.325 e. The van der Waals surface area contributed by atoms with E-state index in [4.69, 9.17) is 4.74 Å². The Hall–Kier alpha value is -4.38. The predicted molar refractivity (Wildman–Crippen MR) is 130 cm³/mol. The second kappa shape index (κ2) is 9.11. The zero-order chi connectivity index (χ0) is 24.5. The molecule has 2 N–H and O–H groups in total. The molecule has 0 aliphatic carbocycles. The molecule has 5 rings (SSSR count). The summed E-state index contributed by atoms with van der Waals surface area (Å²) in [6.45, 7) is 1.55. The Balaban J connectivity index is 1.30. The van der Waals surface area contributed by atoms with Crippen LogP contribution in [0, 0.1) is 18.6 Å². The summed E-state index contributed by atoms with van der Waals surface area (Å²) in [5.74, 6) is -0.250. The van der Waals surface area contributed by atoms with E-state index in [-0.39, 0.29) is 16.4 Å². The van der Waals surface area contributed by atoms with Gasteiger partial charge in [-0.2, -0.15) is 5.10 Å². The summed E-state index contributed by atoms with van der Waals surface area (Å²) in [5, 5.41) is 9.42. The fourth-order valence-corrected chi connectivity index (χ4v) is 4.28. The Morgan fingerprint density at radius 2 is 1.97 bits per heavy atom. The first-order chi connectivity index (χ1) is 16.9. The quantitative estimate of drug-likeness (QED) is 0.309. The van der Waals surface area contributed by atoms with Gasteiger partial charge in [-0.15, -0.1) is 0 Å². The van der Waals surface area contributed by atoms with Crippen molar-refractivity contribution in [3.63, 3.8) is 0 Å². The van der Waals surface area contributed by atoms with E-state index in [1.54, 1.807) is 42.2 Å². The summed E-state index contributed by atoms with van der Waals surface area (Å²) in [5.41, 5.74) is 2.24. The number of halogens is 2. The predicted octanol–water partition coefficient (Wildman–Crippen LogP) is 6.11. The van der Waals surface area contributed by atoms with Crippen molar-refractivity contribution in [3.8, 4) is 22.8 Å². The van der Waals surface area contributed by atoms with Crippen LogP contribution in [0.25, 0.3) is 21.5 Å². The maximum Gasteiger partial charge on any atom is 0.325 e. The molecule has 0 radical (unpaired) electrons. The SMILES string of the molecule is Cc1c(Oc2ccnc(-c3cnn(C)c3)c2)ccc(NC(=O)Nc2nc3ccc(F)cc3s2)c1F. The molecule has 0 spiro atoms. The van der Waals surface area contributed by atoms with Gasteiger partial charge in [0.2, 0.25) is 0 Å². The number of fused-ring (bicyclic) bond motifs is 1. The molecule has 176 valence electrons. The Bertz CT molecular complexity index is 1570. The average molecular weight is 493 g/mol. The van der Waals surface area contributed by atoms with Crippen molar-refractivity contribution >= 4 is 38.4 Å². The van der Waals surface area contributed by atoms with Gasteiger partial charge in [0.05, 0.1) is 27.8 Å². The van der Waals surface area contributed by atoms with Crippen LogP contribution in [0.2, 0.25) is 0 Å². The lowest BCUT2D eigenvalue weighted by molar-refractivity contribution is 0.262. The number of aromatic nitrogens is 4. The number of nitrogens with zero attached hydrogens (tertiary/aromatic N) is 4. The molecule has 11 heteroatoms. The van der Waals surface area contributed by atoms with Crippen molar-refractivity contribution < 1.29 is 18.3 Å². The van der Waals surface area contributed by atoms with E-state index < -0.39 is 17.7 Å². The van der Waals surface area contributed by atoms with Gasteiger partial charge in [-0.25, -0.2) is 18.6 Å². The second-order valence-corrected chi connectivity index (χ2v) is 8.67. The molecule has 3 heterocycles. The molecule has 3 aromatic heterocycles. The molecular formula is C24H18F2N6O2S. The summed E-state index contributed by atoms with van der Waals surface area (Å²) in [6, 6.07) is 9.85. The molecule has 35 heavy (non-hydrogen) atoms. The van der Waals surface area contributed by atoms with Crippen molar-refractivity contribution in [1.82, 2.24) is 19.7 Å². The number of benzene rings is 2. The Morgan fingerprint density at radius 1 is 1.11 bits per heavy atom. The normalized spacial score (nSPS) is 11.0. The number of ether oxygens (including phenoxy) is 1. The molecule has 0 aliphatic heterocycles. The van der Waals surface area contributed by atoms with Crippen LogP contribution in [-0.2, 0) is 7.05 Å². The Kier molecular flexibility index (Phi) is 5.83. The third-order valence-corrected chi connectivity index (χ3v) is 6.05. The van der Waals surface area contributed by atoms with Gasteiger partial charge in [0.1, 0.15) is 17.3 Å². The molecule has 0 bridgehead atoms. The number of nitrogens with one attached hydrogen (secondary N) is 2. The van der Waals surface area contributed by atoms with Crippen LogP contribution in [0.1, 0.15) is 5.56 Å². The lowest BCUT2D eigenvalue weighted by Gasteiger charge is -2.13. The number of urea groups is 1. The van der Waals surface area contributed by atoms with Crippen LogP contribution in [0.5, 0.6) is 11.5 Å². The van der Waals surface area contributed by atoms with E-state index in [1.807, 2.05) is 13.2 Å². The summed E-state index contributed by atoms with van der Waals surface area (Å²) in [6.07, 6.45) is 5.12. The minimum atomic E-state index is -0.674. The number of thiazole rings is 1. The molecule has 0 saturated carbocycles. The second-order valence-electron chi connectivity index (χ2n) is 7.64. The molecule has 0 saturated heterocycles. The first-order valence-corrected chi connectivity index (χ1v) is 11.2. The van der Waals surface area contributed by atoms with Gasteiger partial charge in [0.15, 0.2) is 10.9 Å². The highest BCUT2D eigenvalue weighted by Crippen LogP contribution is 2.32. The zero-order valence-electron chi connectivity index (χ0n) is 18.5. The fraction of sp³-hybridized carbons (Fsp3) is 0.0833. The van der Waals surface area contributed by atoms with E-state index >= 15 is 4.39 Å². The van der Waals surface area contributed by atoms with Crippen molar-refractivity contribution in [1.29, 1.82) is 0 Å². The standard InChI is InChI=1S/C24H18F2N6O2S/c1-13-20(34-16-7-8-27-19(10-16)14-11-28-32(2)12-14)6-5-18(22(13)26)29-23(33)31-24-30-17-4-3-15(25)9-21(17)35-24/h3-12H,1-2H3,(H2,29,30,31,33).